The van der Waals surface area contributed by atoms with Crippen LogP contribution in [0.5, 0.6) is 0 Å². The monoisotopic (exact) mass is 458 g/mol. The molecule has 0 aromatic rings. The lowest BCUT2D eigenvalue weighted by atomic mass is 10.1. The van der Waals surface area contributed by atoms with Crippen LogP contribution in [-0.2, 0) is 14.3 Å². The van der Waals surface area contributed by atoms with Crippen molar-refractivity contribution < 1.29 is 25.8 Å². The number of rotatable bonds is 22. The Balaban J connectivity index is 3.37. The van der Waals surface area contributed by atoms with Crippen LogP contribution in [0.3, 0.4) is 0 Å². The molecule has 0 N–H and O–H groups in total. The Morgan fingerprint density at radius 1 is 0.600 bits per heavy atom. The summed E-state index contributed by atoms with van der Waals surface area (Å²) in [7, 11) is -3.44. The molecule has 0 spiro atoms. The Labute approximate surface area is 183 Å². The maximum atomic E-state index is 12.0. The zero-order valence-corrected chi connectivity index (χ0v) is 19.9. The van der Waals surface area contributed by atoms with E-state index in [0.29, 0.717) is 12.8 Å². The van der Waals surface area contributed by atoms with E-state index >= 15 is 0 Å². The Hall–Kier alpha value is -0.300. The van der Waals surface area contributed by atoms with Gasteiger partial charge in [0, 0.05) is 6.42 Å². The van der Waals surface area contributed by atoms with Gasteiger partial charge in [0.15, 0.2) is 0 Å². The van der Waals surface area contributed by atoms with E-state index in [1.807, 2.05) is 0 Å². The number of alkyl halides is 3. The molecule has 0 atom stereocenters. The molecule has 0 aliphatic rings. The van der Waals surface area contributed by atoms with E-state index < -0.39 is 22.7 Å². The van der Waals surface area contributed by atoms with Gasteiger partial charge in [-0.2, -0.15) is 21.6 Å². The van der Waals surface area contributed by atoms with Crippen LogP contribution >= 0.6 is 0 Å². The van der Waals surface area contributed by atoms with Gasteiger partial charge in [-0.15, -0.1) is 0 Å². The van der Waals surface area contributed by atoms with E-state index in [4.69, 9.17) is 4.18 Å². The van der Waals surface area contributed by atoms with Gasteiger partial charge in [0.05, 0.1) is 12.4 Å². The van der Waals surface area contributed by atoms with Gasteiger partial charge in [-0.05, 0) is 19.3 Å². The Morgan fingerprint density at radius 2 is 1.00 bits per heavy atom. The first-order valence-corrected chi connectivity index (χ1v) is 13.8. The van der Waals surface area contributed by atoms with Gasteiger partial charge in [-0.1, -0.05) is 103 Å². The molecule has 0 saturated heterocycles. The molecule has 0 aliphatic carbocycles. The van der Waals surface area contributed by atoms with Gasteiger partial charge in [0.25, 0.3) is 10.1 Å². The van der Waals surface area contributed by atoms with Crippen molar-refractivity contribution in [3.05, 3.63) is 0 Å². The maximum Gasteiger partial charge on any atom is 0.389 e. The predicted octanol–water partition coefficient (Wildman–Crippen LogP) is 8.33. The molecule has 182 valence electrons. The largest absolute Gasteiger partial charge is 0.389 e. The maximum absolute atomic E-state index is 12.0. The van der Waals surface area contributed by atoms with Crippen molar-refractivity contribution >= 4 is 10.1 Å². The standard InChI is InChI=1S/C23H45F3O3S/c1-2-3-4-5-6-7-8-9-12-15-18-21-29-30(27,28)22-19-16-13-10-11-14-17-20-23(24,25)26/h2-22H2,1H3. The molecule has 0 aromatic heterocycles. The minimum atomic E-state index is -4.05. The average Bonchev–Trinajstić information content (AvgIpc) is 2.66. The summed E-state index contributed by atoms with van der Waals surface area (Å²) < 4.78 is 64.8. The van der Waals surface area contributed by atoms with Crippen molar-refractivity contribution in [3.8, 4) is 0 Å². The molecular formula is C23H45F3O3S. The van der Waals surface area contributed by atoms with Crippen LogP contribution in [0.2, 0.25) is 0 Å². The lowest BCUT2D eigenvalue weighted by Gasteiger charge is -2.07. The third-order valence-electron chi connectivity index (χ3n) is 5.37. The number of hydrogen-bond donors (Lipinski definition) is 0. The molecular weight excluding hydrogens is 413 g/mol. The highest BCUT2D eigenvalue weighted by molar-refractivity contribution is 7.86. The second kappa shape index (κ2) is 19.4. The van der Waals surface area contributed by atoms with Crippen molar-refractivity contribution in [2.45, 2.75) is 135 Å². The summed E-state index contributed by atoms with van der Waals surface area (Å²) in [6.07, 6.45) is 13.2. The Bertz CT molecular complexity index is 465. The van der Waals surface area contributed by atoms with Crippen LogP contribution in [0.4, 0.5) is 13.2 Å². The molecule has 0 heterocycles. The highest BCUT2D eigenvalue weighted by atomic mass is 32.2. The van der Waals surface area contributed by atoms with E-state index in [2.05, 4.69) is 6.92 Å². The fourth-order valence-corrected chi connectivity index (χ4v) is 4.55. The van der Waals surface area contributed by atoms with E-state index in [1.54, 1.807) is 0 Å². The van der Waals surface area contributed by atoms with E-state index in [-0.39, 0.29) is 18.8 Å². The number of halogens is 3. The first kappa shape index (κ1) is 29.7. The van der Waals surface area contributed by atoms with Gasteiger partial charge >= 0.3 is 6.18 Å². The molecule has 0 rings (SSSR count). The summed E-state index contributed by atoms with van der Waals surface area (Å²) in [6, 6.07) is 0. The molecule has 0 unspecified atom stereocenters. The van der Waals surface area contributed by atoms with Crippen LogP contribution in [0.1, 0.15) is 129 Å². The third-order valence-corrected chi connectivity index (χ3v) is 6.68. The van der Waals surface area contributed by atoms with Crippen molar-refractivity contribution in [3.63, 3.8) is 0 Å². The highest BCUT2D eigenvalue weighted by Gasteiger charge is 2.25. The number of unbranched alkanes of at least 4 members (excludes halogenated alkanes) is 16. The first-order valence-electron chi connectivity index (χ1n) is 12.2. The van der Waals surface area contributed by atoms with E-state index in [9.17, 15) is 21.6 Å². The predicted molar refractivity (Wildman–Crippen MR) is 119 cm³/mol. The lowest BCUT2D eigenvalue weighted by Crippen LogP contribution is -2.11. The summed E-state index contributed by atoms with van der Waals surface area (Å²) >= 11 is 0. The Kier molecular flexibility index (Phi) is 19.2. The van der Waals surface area contributed by atoms with E-state index in [0.717, 1.165) is 44.9 Å². The van der Waals surface area contributed by atoms with Crippen LogP contribution < -0.4 is 0 Å². The van der Waals surface area contributed by atoms with Gasteiger partial charge < -0.3 is 0 Å². The van der Waals surface area contributed by atoms with Gasteiger partial charge in [-0.25, -0.2) is 0 Å². The summed E-state index contributed by atoms with van der Waals surface area (Å²) in [4.78, 5) is 0. The molecule has 0 radical (unpaired) electrons. The second-order valence-corrected chi connectivity index (χ2v) is 10.2. The fourth-order valence-electron chi connectivity index (χ4n) is 3.50. The minimum absolute atomic E-state index is 0.0408. The highest BCUT2D eigenvalue weighted by Crippen LogP contribution is 2.23. The quantitative estimate of drug-likeness (QED) is 0.121. The molecule has 0 saturated carbocycles. The summed E-state index contributed by atoms with van der Waals surface area (Å²) in [5, 5.41) is 0. The molecule has 0 aliphatic heterocycles. The molecule has 7 heteroatoms. The van der Waals surface area contributed by atoms with Gasteiger partial charge in [-0.3, -0.25) is 4.18 Å². The zero-order chi connectivity index (χ0) is 22.6. The first-order chi connectivity index (χ1) is 14.3. The average molecular weight is 459 g/mol. The van der Waals surface area contributed by atoms with Crippen molar-refractivity contribution in [2.75, 3.05) is 12.4 Å². The van der Waals surface area contributed by atoms with Crippen LogP contribution in [0.15, 0.2) is 0 Å². The normalized spacial score (nSPS) is 12.5. The zero-order valence-electron chi connectivity index (χ0n) is 19.1. The third kappa shape index (κ3) is 24.0. The van der Waals surface area contributed by atoms with E-state index in [1.165, 1.54) is 51.4 Å². The number of hydrogen-bond acceptors (Lipinski definition) is 3. The van der Waals surface area contributed by atoms with Gasteiger partial charge in [0.2, 0.25) is 0 Å². The molecule has 30 heavy (non-hydrogen) atoms. The fraction of sp³-hybridized carbons (Fsp3) is 1.00. The minimum Gasteiger partial charge on any atom is -0.270 e. The summed E-state index contributed by atoms with van der Waals surface area (Å²) in [6.45, 7) is 2.51. The lowest BCUT2D eigenvalue weighted by molar-refractivity contribution is -0.135. The van der Waals surface area contributed by atoms with Crippen molar-refractivity contribution in [1.82, 2.24) is 0 Å². The molecule has 0 aromatic carbocycles. The van der Waals surface area contributed by atoms with Crippen LogP contribution in [-0.4, -0.2) is 27.0 Å². The van der Waals surface area contributed by atoms with Crippen molar-refractivity contribution in [2.24, 2.45) is 0 Å². The molecule has 0 bridgehead atoms. The van der Waals surface area contributed by atoms with Crippen molar-refractivity contribution in [1.29, 1.82) is 0 Å². The smallest absolute Gasteiger partial charge is 0.270 e. The summed E-state index contributed by atoms with van der Waals surface area (Å²) in [5.41, 5.74) is 0. The topological polar surface area (TPSA) is 43.4 Å². The summed E-state index contributed by atoms with van der Waals surface area (Å²) in [5.74, 6) is 0.0408. The SMILES string of the molecule is CCCCCCCCCCCCCOS(=O)(=O)CCCCCCCCCC(F)(F)F. The molecule has 3 nitrogen and oxygen atoms in total. The molecule has 0 amide bonds. The van der Waals surface area contributed by atoms with Crippen LogP contribution in [0.25, 0.3) is 0 Å². The molecule has 0 fully saturated rings. The van der Waals surface area contributed by atoms with Gasteiger partial charge in [0.1, 0.15) is 0 Å². The Morgan fingerprint density at radius 3 is 1.47 bits per heavy atom. The van der Waals surface area contributed by atoms with Crippen LogP contribution in [0, 0.1) is 0 Å². The second-order valence-electron chi connectivity index (χ2n) is 8.46.